The number of rotatable bonds is 1. The normalized spacial score (nSPS) is 10.5. The van der Waals surface area contributed by atoms with Crippen LogP contribution >= 0.6 is 15.9 Å². The summed E-state index contributed by atoms with van der Waals surface area (Å²) in [5, 5.41) is 0. The van der Waals surface area contributed by atoms with Crippen molar-refractivity contribution in [2.24, 2.45) is 7.05 Å². The number of hydrogen-bond donors (Lipinski definition) is 0. The van der Waals surface area contributed by atoms with Crippen molar-refractivity contribution in [3.05, 3.63) is 29.3 Å². The van der Waals surface area contributed by atoms with Gasteiger partial charge in [-0.1, -0.05) is 0 Å². The molecule has 0 saturated carbocycles. The number of hydrogen-bond acceptors (Lipinski definition) is 2. The molecule has 0 atom stereocenters. The first-order valence-corrected chi connectivity index (χ1v) is 4.29. The van der Waals surface area contributed by atoms with Crippen molar-refractivity contribution in [3.8, 4) is 11.5 Å². The third kappa shape index (κ3) is 1.08. The van der Waals surface area contributed by atoms with Gasteiger partial charge in [-0.15, -0.1) is 0 Å². The summed E-state index contributed by atoms with van der Waals surface area (Å²) in [4.78, 5) is 4.18. The fraction of sp³-hybridized carbons (Fsp3) is 0.125. The van der Waals surface area contributed by atoms with E-state index in [-0.39, 0.29) is 0 Å². The Morgan fingerprint density at radius 3 is 2.92 bits per heavy atom. The molecule has 2 rings (SSSR count). The van der Waals surface area contributed by atoms with Gasteiger partial charge in [0.1, 0.15) is 10.3 Å². The van der Waals surface area contributed by atoms with Crippen molar-refractivity contribution in [3.63, 3.8) is 0 Å². The summed E-state index contributed by atoms with van der Waals surface area (Å²) in [6.45, 7) is 0. The van der Waals surface area contributed by atoms with E-state index in [9.17, 15) is 0 Å². The van der Waals surface area contributed by atoms with Crippen LogP contribution in [0.5, 0.6) is 0 Å². The summed E-state index contributed by atoms with van der Waals surface area (Å²) < 4.78 is 8.02. The van der Waals surface area contributed by atoms with E-state index < -0.39 is 0 Å². The molecule has 4 heteroatoms. The van der Waals surface area contributed by atoms with Gasteiger partial charge in [0.05, 0.1) is 12.6 Å². The molecule has 62 valence electrons. The molecule has 0 saturated heterocycles. The lowest BCUT2D eigenvalue weighted by atomic mass is 10.4. The van der Waals surface area contributed by atoms with E-state index in [2.05, 4.69) is 20.9 Å². The Balaban J connectivity index is 2.55. The molecule has 0 aliphatic carbocycles. The summed E-state index contributed by atoms with van der Waals surface area (Å²) in [7, 11) is 1.92. The monoisotopic (exact) mass is 226 g/mol. The molecule has 0 aromatic carbocycles. The van der Waals surface area contributed by atoms with E-state index in [0.717, 1.165) is 16.1 Å². The molecule has 2 aromatic heterocycles. The maximum Gasteiger partial charge on any atom is 0.155 e. The number of imidazole rings is 1. The predicted molar refractivity (Wildman–Crippen MR) is 48.6 cm³/mol. The zero-order valence-electron chi connectivity index (χ0n) is 6.49. The minimum atomic E-state index is 0.780. The third-order valence-corrected chi connectivity index (χ3v) is 2.55. The summed E-state index contributed by atoms with van der Waals surface area (Å²) in [5.74, 6) is 0.780. The largest absolute Gasteiger partial charge is 0.463 e. The van der Waals surface area contributed by atoms with Crippen LogP contribution in [0.1, 0.15) is 0 Å². The van der Waals surface area contributed by atoms with Crippen LogP contribution in [0.4, 0.5) is 0 Å². The van der Waals surface area contributed by atoms with Gasteiger partial charge in [-0.25, -0.2) is 4.98 Å². The molecular formula is C8H7BrN2O. The van der Waals surface area contributed by atoms with Crippen LogP contribution in [-0.4, -0.2) is 9.55 Å². The van der Waals surface area contributed by atoms with Gasteiger partial charge >= 0.3 is 0 Å². The average molecular weight is 227 g/mol. The van der Waals surface area contributed by atoms with Crippen molar-refractivity contribution in [2.45, 2.75) is 0 Å². The van der Waals surface area contributed by atoms with Crippen molar-refractivity contribution in [1.29, 1.82) is 0 Å². The maximum absolute atomic E-state index is 5.21. The molecule has 12 heavy (non-hydrogen) atoms. The summed E-state index contributed by atoms with van der Waals surface area (Å²) in [6, 6.07) is 3.73. The van der Waals surface area contributed by atoms with Crippen molar-refractivity contribution in [2.75, 3.05) is 0 Å². The van der Waals surface area contributed by atoms with Gasteiger partial charge in [-0.2, -0.15) is 0 Å². The molecule has 0 fully saturated rings. The number of halogens is 1. The molecule has 0 radical (unpaired) electrons. The van der Waals surface area contributed by atoms with Crippen LogP contribution in [0, 0.1) is 0 Å². The standard InChI is InChI=1S/C8H7BrN2O/c1-11-5-10-7(8(11)9)6-3-2-4-12-6/h2-5H,1H3. The molecule has 0 aliphatic rings. The Labute approximate surface area is 78.2 Å². The van der Waals surface area contributed by atoms with Crippen molar-refractivity contribution >= 4 is 15.9 Å². The topological polar surface area (TPSA) is 31.0 Å². The SMILES string of the molecule is Cn1cnc(-c2ccco2)c1Br. The predicted octanol–water partition coefficient (Wildman–Crippen LogP) is 2.44. The fourth-order valence-corrected chi connectivity index (χ4v) is 1.38. The second-order valence-electron chi connectivity index (χ2n) is 2.47. The van der Waals surface area contributed by atoms with Crippen molar-refractivity contribution < 1.29 is 4.42 Å². The molecule has 0 bridgehead atoms. The van der Waals surface area contributed by atoms with Gasteiger partial charge < -0.3 is 8.98 Å². The summed E-state index contributed by atoms with van der Waals surface area (Å²) in [5.41, 5.74) is 0.836. The highest BCUT2D eigenvalue weighted by molar-refractivity contribution is 9.10. The van der Waals surface area contributed by atoms with E-state index in [0.29, 0.717) is 0 Å². The molecule has 0 N–H and O–H groups in total. The Morgan fingerprint density at radius 1 is 1.58 bits per heavy atom. The fourth-order valence-electron chi connectivity index (χ4n) is 0.994. The number of aryl methyl sites for hydroxylation is 1. The van der Waals surface area contributed by atoms with E-state index in [1.807, 2.05) is 23.7 Å². The maximum atomic E-state index is 5.21. The summed E-state index contributed by atoms with van der Waals surface area (Å²) in [6.07, 6.45) is 3.37. The Morgan fingerprint density at radius 2 is 2.42 bits per heavy atom. The van der Waals surface area contributed by atoms with Gasteiger partial charge in [0.25, 0.3) is 0 Å². The minimum absolute atomic E-state index is 0.780. The van der Waals surface area contributed by atoms with E-state index >= 15 is 0 Å². The van der Waals surface area contributed by atoms with E-state index in [4.69, 9.17) is 4.42 Å². The van der Waals surface area contributed by atoms with Crippen LogP contribution in [-0.2, 0) is 7.05 Å². The average Bonchev–Trinajstić information content (AvgIpc) is 2.64. The molecule has 0 amide bonds. The van der Waals surface area contributed by atoms with E-state index in [1.54, 1.807) is 12.6 Å². The van der Waals surface area contributed by atoms with Crippen LogP contribution in [0.2, 0.25) is 0 Å². The lowest BCUT2D eigenvalue weighted by Crippen LogP contribution is -1.83. The lowest BCUT2D eigenvalue weighted by Gasteiger charge is -1.93. The zero-order chi connectivity index (χ0) is 8.55. The third-order valence-electron chi connectivity index (χ3n) is 1.62. The molecule has 0 unspecified atom stereocenters. The van der Waals surface area contributed by atoms with Crippen LogP contribution in [0.15, 0.2) is 33.7 Å². The van der Waals surface area contributed by atoms with Gasteiger partial charge in [-0.3, -0.25) is 0 Å². The van der Waals surface area contributed by atoms with Crippen LogP contribution < -0.4 is 0 Å². The highest BCUT2D eigenvalue weighted by Crippen LogP contribution is 2.25. The highest BCUT2D eigenvalue weighted by atomic mass is 79.9. The van der Waals surface area contributed by atoms with Crippen LogP contribution in [0.25, 0.3) is 11.5 Å². The van der Waals surface area contributed by atoms with Gasteiger partial charge in [0, 0.05) is 7.05 Å². The number of nitrogens with zero attached hydrogens (tertiary/aromatic N) is 2. The second kappa shape index (κ2) is 2.79. The first-order valence-electron chi connectivity index (χ1n) is 3.49. The molecular weight excluding hydrogens is 220 g/mol. The Bertz CT molecular complexity index is 378. The molecule has 3 nitrogen and oxygen atoms in total. The highest BCUT2D eigenvalue weighted by Gasteiger charge is 2.09. The van der Waals surface area contributed by atoms with Gasteiger partial charge in [-0.05, 0) is 28.1 Å². The Kier molecular flexibility index (Phi) is 1.77. The zero-order valence-corrected chi connectivity index (χ0v) is 8.08. The minimum Gasteiger partial charge on any atom is -0.463 e. The van der Waals surface area contributed by atoms with Gasteiger partial charge in [0.15, 0.2) is 5.76 Å². The quantitative estimate of drug-likeness (QED) is 0.749. The molecule has 2 aromatic rings. The number of furan rings is 1. The van der Waals surface area contributed by atoms with Crippen LogP contribution in [0.3, 0.4) is 0 Å². The van der Waals surface area contributed by atoms with E-state index in [1.165, 1.54) is 0 Å². The lowest BCUT2D eigenvalue weighted by molar-refractivity contribution is 0.580. The smallest absolute Gasteiger partial charge is 0.155 e. The second-order valence-corrected chi connectivity index (χ2v) is 3.22. The molecule has 0 aliphatic heterocycles. The first kappa shape index (κ1) is 7.61. The number of aromatic nitrogens is 2. The molecule has 0 spiro atoms. The molecule has 2 heterocycles. The van der Waals surface area contributed by atoms with Crippen molar-refractivity contribution in [1.82, 2.24) is 9.55 Å². The first-order chi connectivity index (χ1) is 5.79. The Hall–Kier alpha value is -1.03. The van der Waals surface area contributed by atoms with Gasteiger partial charge in [0.2, 0.25) is 0 Å². The summed E-state index contributed by atoms with van der Waals surface area (Å²) >= 11 is 3.41.